The molecule has 24 heavy (non-hydrogen) atoms. The Labute approximate surface area is 142 Å². The second kappa shape index (κ2) is 7.45. The van der Waals surface area contributed by atoms with Crippen LogP contribution >= 0.6 is 0 Å². The smallest absolute Gasteiger partial charge is 0.246 e. The monoisotopic (exact) mass is 325 g/mol. The zero-order valence-corrected chi connectivity index (χ0v) is 14.2. The van der Waals surface area contributed by atoms with Crippen LogP contribution in [0.3, 0.4) is 0 Å². The van der Waals surface area contributed by atoms with Gasteiger partial charge in [0.05, 0.1) is 5.69 Å². The van der Waals surface area contributed by atoms with Crippen LogP contribution in [0.1, 0.15) is 22.6 Å². The lowest BCUT2D eigenvalue weighted by Crippen LogP contribution is -2.47. The Morgan fingerprint density at radius 1 is 1.21 bits per heavy atom. The maximum atomic E-state index is 12.3. The Hall–Kier alpha value is -2.40. The second-order valence-electron chi connectivity index (χ2n) is 6.28. The van der Waals surface area contributed by atoms with E-state index in [0.717, 1.165) is 49.7 Å². The molecular formula is C19H23N3O2. The summed E-state index contributed by atoms with van der Waals surface area (Å²) in [5.41, 5.74) is 3.20. The van der Waals surface area contributed by atoms with Crippen molar-refractivity contribution in [3.63, 3.8) is 0 Å². The number of nitrogens with zero attached hydrogens (tertiary/aromatic N) is 3. The number of aromatic nitrogens is 1. The molecule has 0 unspecified atom stereocenters. The van der Waals surface area contributed by atoms with Crippen molar-refractivity contribution in [1.29, 1.82) is 0 Å². The summed E-state index contributed by atoms with van der Waals surface area (Å²) in [4.78, 5) is 16.5. The first kappa shape index (κ1) is 16.5. The number of carbonyl (C=O) groups excluding carboxylic acids is 1. The molecule has 1 fully saturated rings. The van der Waals surface area contributed by atoms with E-state index in [0.29, 0.717) is 0 Å². The standard InChI is InChI=1S/C19H23N3O2/c1-15-4-3-5-17(12-15)6-7-19(23)22-10-8-21(9-11-22)14-18-13-16(2)24-20-18/h3-7,12-13H,8-11,14H2,1-2H3. The van der Waals surface area contributed by atoms with E-state index in [1.165, 1.54) is 5.56 Å². The molecule has 0 aliphatic carbocycles. The molecule has 0 saturated carbocycles. The molecule has 1 saturated heterocycles. The van der Waals surface area contributed by atoms with Gasteiger partial charge < -0.3 is 9.42 Å². The van der Waals surface area contributed by atoms with E-state index in [9.17, 15) is 4.79 Å². The van der Waals surface area contributed by atoms with E-state index in [-0.39, 0.29) is 5.91 Å². The Bertz CT molecular complexity index is 728. The minimum Gasteiger partial charge on any atom is -0.361 e. The van der Waals surface area contributed by atoms with Crippen LogP contribution in [0.4, 0.5) is 0 Å². The van der Waals surface area contributed by atoms with E-state index in [1.807, 2.05) is 36.1 Å². The van der Waals surface area contributed by atoms with Crippen LogP contribution in [0.2, 0.25) is 0 Å². The van der Waals surface area contributed by atoms with Gasteiger partial charge in [-0.3, -0.25) is 9.69 Å². The fourth-order valence-corrected chi connectivity index (χ4v) is 2.89. The molecule has 2 heterocycles. The second-order valence-corrected chi connectivity index (χ2v) is 6.28. The first-order chi connectivity index (χ1) is 11.6. The highest BCUT2D eigenvalue weighted by atomic mass is 16.5. The lowest BCUT2D eigenvalue weighted by Gasteiger charge is -2.33. The van der Waals surface area contributed by atoms with Crippen LogP contribution in [0.15, 0.2) is 40.9 Å². The first-order valence-corrected chi connectivity index (χ1v) is 8.28. The van der Waals surface area contributed by atoms with Gasteiger partial charge in [-0.05, 0) is 25.5 Å². The molecule has 0 radical (unpaired) electrons. The molecule has 1 aliphatic heterocycles. The van der Waals surface area contributed by atoms with Crippen LogP contribution in [0.5, 0.6) is 0 Å². The van der Waals surface area contributed by atoms with Gasteiger partial charge in [0.2, 0.25) is 5.91 Å². The third kappa shape index (κ3) is 4.32. The maximum Gasteiger partial charge on any atom is 0.246 e. The van der Waals surface area contributed by atoms with Gasteiger partial charge in [0.15, 0.2) is 0 Å². The van der Waals surface area contributed by atoms with Crippen LogP contribution in [-0.2, 0) is 11.3 Å². The summed E-state index contributed by atoms with van der Waals surface area (Å²) in [5, 5.41) is 4.03. The van der Waals surface area contributed by atoms with E-state index < -0.39 is 0 Å². The number of amides is 1. The number of rotatable bonds is 4. The Morgan fingerprint density at radius 3 is 2.67 bits per heavy atom. The number of hydrogen-bond donors (Lipinski definition) is 0. The van der Waals surface area contributed by atoms with Gasteiger partial charge in [-0.1, -0.05) is 35.0 Å². The summed E-state index contributed by atoms with van der Waals surface area (Å²) >= 11 is 0. The van der Waals surface area contributed by atoms with E-state index in [4.69, 9.17) is 4.52 Å². The lowest BCUT2D eigenvalue weighted by molar-refractivity contribution is -0.127. The van der Waals surface area contributed by atoms with Crippen LogP contribution in [0, 0.1) is 13.8 Å². The fraction of sp³-hybridized carbons (Fsp3) is 0.368. The largest absolute Gasteiger partial charge is 0.361 e. The van der Waals surface area contributed by atoms with Crippen molar-refractivity contribution in [2.45, 2.75) is 20.4 Å². The van der Waals surface area contributed by atoms with Gasteiger partial charge in [0, 0.05) is 44.9 Å². The van der Waals surface area contributed by atoms with E-state index >= 15 is 0 Å². The molecule has 3 rings (SSSR count). The average Bonchev–Trinajstić information content (AvgIpc) is 2.98. The molecule has 5 nitrogen and oxygen atoms in total. The van der Waals surface area contributed by atoms with Gasteiger partial charge in [0.25, 0.3) is 0 Å². The Balaban J connectivity index is 1.49. The summed E-state index contributed by atoms with van der Waals surface area (Å²) in [6.45, 7) is 7.93. The van der Waals surface area contributed by atoms with Crippen molar-refractivity contribution in [2.24, 2.45) is 0 Å². The summed E-state index contributed by atoms with van der Waals surface area (Å²) < 4.78 is 5.10. The minimum absolute atomic E-state index is 0.0773. The highest BCUT2D eigenvalue weighted by molar-refractivity contribution is 5.91. The lowest BCUT2D eigenvalue weighted by atomic mass is 10.1. The van der Waals surface area contributed by atoms with Crippen molar-refractivity contribution in [2.75, 3.05) is 26.2 Å². The van der Waals surface area contributed by atoms with Gasteiger partial charge >= 0.3 is 0 Å². The third-order valence-electron chi connectivity index (χ3n) is 4.21. The highest BCUT2D eigenvalue weighted by Gasteiger charge is 2.20. The van der Waals surface area contributed by atoms with Gasteiger partial charge in [-0.25, -0.2) is 0 Å². The molecule has 0 atom stereocenters. The summed E-state index contributed by atoms with van der Waals surface area (Å²) in [6.07, 6.45) is 3.56. The molecule has 1 aliphatic rings. The average molecular weight is 325 g/mol. The third-order valence-corrected chi connectivity index (χ3v) is 4.21. The Morgan fingerprint density at radius 2 is 2.00 bits per heavy atom. The summed E-state index contributed by atoms with van der Waals surface area (Å²) in [6, 6.07) is 10.1. The molecule has 2 aromatic rings. The van der Waals surface area contributed by atoms with Crippen LogP contribution < -0.4 is 0 Å². The van der Waals surface area contributed by atoms with Crippen molar-refractivity contribution in [1.82, 2.24) is 15.0 Å². The summed E-state index contributed by atoms with van der Waals surface area (Å²) in [5.74, 6) is 0.911. The molecule has 1 amide bonds. The minimum atomic E-state index is 0.0773. The quantitative estimate of drug-likeness (QED) is 0.811. The first-order valence-electron chi connectivity index (χ1n) is 8.28. The van der Waals surface area contributed by atoms with E-state index in [2.05, 4.69) is 29.1 Å². The maximum absolute atomic E-state index is 12.3. The van der Waals surface area contributed by atoms with E-state index in [1.54, 1.807) is 6.08 Å². The SMILES string of the molecule is Cc1cccc(C=CC(=O)N2CCN(Cc3cc(C)on3)CC2)c1. The van der Waals surface area contributed by atoms with Crippen molar-refractivity contribution < 1.29 is 9.32 Å². The molecular weight excluding hydrogens is 302 g/mol. The molecule has 0 bridgehead atoms. The topological polar surface area (TPSA) is 49.6 Å². The predicted octanol–water partition coefficient (Wildman–Crippen LogP) is 2.65. The zero-order chi connectivity index (χ0) is 16.9. The fourth-order valence-electron chi connectivity index (χ4n) is 2.89. The van der Waals surface area contributed by atoms with Gasteiger partial charge in [-0.15, -0.1) is 0 Å². The molecule has 1 aromatic heterocycles. The van der Waals surface area contributed by atoms with Crippen LogP contribution in [0.25, 0.3) is 6.08 Å². The molecule has 126 valence electrons. The number of benzene rings is 1. The summed E-state index contributed by atoms with van der Waals surface area (Å²) in [7, 11) is 0. The number of hydrogen-bond acceptors (Lipinski definition) is 4. The Kier molecular flexibility index (Phi) is 5.11. The van der Waals surface area contributed by atoms with Crippen molar-refractivity contribution >= 4 is 12.0 Å². The molecule has 0 spiro atoms. The number of aryl methyl sites for hydroxylation is 2. The van der Waals surface area contributed by atoms with Gasteiger partial charge in [0.1, 0.15) is 5.76 Å². The number of piperazine rings is 1. The normalized spacial score (nSPS) is 16.0. The number of carbonyl (C=O) groups is 1. The predicted molar refractivity (Wildman–Crippen MR) is 93.3 cm³/mol. The molecule has 5 heteroatoms. The van der Waals surface area contributed by atoms with Crippen molar-refractivity contribution in [3.05, 3.63) is 59.0 Å². The zero-order valence-electron chi connectivity index (χ0n) is 14.2. The molecule has 1 aromatic carbocycles. The van der Waals surface area contributed by atoms with Crippen LogP contribution in [-0.4, -0.2) is 47.0 Å². The van der Waals surface area contributed by atoms with Gasteiger partial charge in [-0.2, -0.15) is 0 Å². The highest BCUT2D eigenvalue weighted by Crippen LogP contribution is 2.10. The molecule has 0 N–H and O–H groups in total. The van der Waals surface area contributed by atoms with Crippen molar-refractivity contribution in [3.8, 4) is 0 Å².